The number of hydrogen-bond donors (Lipinski definition) is 2. The summed E-state index contributed by atoms with van der Waals surface area (Å²) in [5.41, 5.74) is 0. The Bertz CT molecular complexity index is 164. The first-order valence-electron chi connectivity index (χ1n) is 5.21. The van der Waals surface area contributed by atoms with E-state index in [1.807, 2.05) is 13.8 Å². The number of amides is 1. The van der Waals surface area contributed by atoms with Crippen molar-refractivity contribution in [1.29, 1.82) is 0 Å². The molecule has 0 spiro atoms. The van der Waals surface area contributed by atoms with E-state index in [0.29, 0.717) is 0 Å². The molecule has 0 aromatic carbocycles. The van der Waals surface area contributed by atoms with Gasteiger partial charge in [0.2, 0.25) is 5.91 Å². The van der Waals surface area contributed by atoms with E-state index in [1.165, 1.54) is 19.3 Å². The summed E-state index contributed by atoms with van der Waals surface area (Å²) in [7, 11) is 0. The fourth-order valence-corrected chi connectivity index (χ4v) is 1.28. The van der Waals surface area contributed by atoms with Crippen LogP contribution in [0.25, 0.3) is 0 Å². The molecule has 1 rings (SSSR count). The van der Waals surface area contributed by atoms with Crippen LogP contribution in [0.2, 0.25) is 0 Å². The molecule has 1 aliphatic rings. The highest BCUT2D eigenvalue weighted by Crippen LogP contribution is 2.17. The lowest BCUT2D eigenvalue weighted by atomic mass is 9.93. The van der Waals surface area contributed by atoms with Crippen molar-refractivity contribution in [3.63, 3.8) is 0 Å². The number of hydrogen-bond acceptors (Lipinski definition) is 2. The SMILES string of the molecule is CC(C)C(=O)NCCNC1CCC1. The second kappa shape index (κ2) is 5.22. The quantitative estimate of drug-likeness (QED) is 0.623. The fourth-order valence-electron chi connectivity index (χ4n) is 1.28. The van der Waals surface area contributed by atoms with Crippen molar-refractivity contribution in [2.24, 2.45) is 5.92 Å². The average Bonchev–Trinajstić information content (AvgIpc) is 2.00. The Kier molecular flexibility index (Phi) is 4.22. The van der Waals surface area contributed by atoms with Crippen molar-refractivity contribution in [3.8, 4) is 0 Å². The maximum Gasteiger partial charge on any atom is 0.222 e. The summed E-state index contributed by atoms with van der Waals surface area (Å²) in [6, 6.07) is 0.718. The minimum absolute atomic E-state index is 0.101. The zero-order valence-electron chi connectivity index (χ0n) is 8.60. The van der Waals surface area contributed by atoms with Crippen molar-refractivity contribution in [1.82, 2.24) is 10.6 Å². The molecule has 0 saturated heterocycles. The Balaban J connectivity index is 1.91. The molecule has 3 nitrogen and oxygen atoms in total. The van der Waals surface area contributed by atoms with Gasteiger partial charge in [-0.15, -0.1) is 0 Å². The highest BCUT2D eigenvalue weighted by Gasteiger charge is 2.15. The summed E-state index contributed by atoms with van der Waals surface area (Å²) in [6.45, 7) is 5.49. The van der Waals surface area contributed by atoms with Crippen LogP contribution < -0.4 is 10.6 Å². The standard InChI is InChI=1S/C10H20N2O/c1-8(2)10(13)12-7-6-11-9-4-3-5-9/h8-9,11H,3-7H2,1-2H3,(H,12,13). The second-order valence-corrected chi connectivity index (χ2v) is 4.03. The Morgan fingerprint density at radius 2 is 2.08 bits per heavy atom. The van der Waals surface area contributed by atoms with Crippen molar-refractivity contribution in [2.45, 2.75) is 39.2 Å². The third-order valence-electron chi connectivity index (χ3n) is 2.49. The van der Waals surface area contributed by atoms with E-state index in [2.05, 4.69) is 10.6 Å². The molecular formula is C10H20N2O. The van der Waals surface area contributed by atoms with Crippen LogP contribution in [-0.2, 0) is 4.79 Å². The van der Waals surface area contributed by atoms with Crippen LogP contribution in [0.1, 0.15) is 33.1 Å². The topological polar surface area (TPSA) is 41.1 Å². The van der Waals surface area contributed by atoms with Crippen LogP contribution in [-0.4, -0.2) is 25.0 Å². The largest absolute Gasteiger partial charge is 0.355 e. The zero-order valence-corrected chi connectivity index (χ0v) is 8.60. The van der Waals surface area contributed by atoms with E-state index in [9.17, 15) is 4.79 Å². The number of carbonyl (C=O) groups excluding carboxylic acids is 1. The molecule has 3 heteroatoms. The van der Waals surface area contributed by atoms with E-state index in [0.717, 1.165) is 19.1 Å². The molecule has 13 heavy (non-hydrogen) atoms. The Morgan fingerprint density at radius 1 is 1.38 bits per heavy atom. The minimum Gasteiger partial charge on any atom is -0.355 e. The van der Waals surface area contributed by atoms with Crippen LogP contribution in [0, 0.1) is 5.92 Å². The highest BCUT2D eigenvalue weighted by atomic mass is 16.1. The van der Waals surface area contributed by atoms with Crippen LogP contribution >= 0.6 is 0 Å². The summed E-state index contributed by atoms with van der Waals surface area (Å²) in [5.74, 6) is 0.249. The molecule has 1 saturated carbocycles. The van der Waals surface area contributed by atoms with Crippen molar-refractivity contribution in [2.75, 3.05) is 13.1 Å². The van der Waals surface area contributed by atoms with Gasteiger partial charge in [-0.25, -0.2) is 0 Å². The predicted molar refractivity (Wildman–Crippen MR) is 53.5 cm³/mol. The molecule has 1 aliphatic carbocycles. The Hall–Kier alpha value is -0.570. The van der Waals surface area contributed by atoms with Gasteiger partial charge in [-0.1, -0.05) is 20.3 Å². The molecule has 0 heterocycles. The maximum absolute atomic E-state index is 11.1. The average molecular weight is 184 g/mol. The molecule has 0 atom stereocenters. The van der Waals surface area contributed by atoms with E-state index in [-0.39, 0.29) is 11.8 Å². The fraction of sp³-hybridized carbons (Fsp3) is 0.900. The molecule has 0 radical (unpaired) electrons. The van der Waals surface area contributed by atoms with E-state index in [4.69, 9.17) is 0 Å². The Morgan fingerprint density at radius 3 is 2.54 bits per heavy atom. The van der Waals surface area contributed by atoms with Gasteiger partial charge in [0.05, 0.1) is 0 Å². The third-order valence-corrected chi connectivity index (χ3v) is 2.49. The van der Waals surface area contributed by atoms with E-state index in [1.54, 1.807) is 0 Å². The molecule has 2 N–H and O–H groups in total. The monoisotopic (exact) mass is 184 g/mol. The molecule has 0 aromatic heterocycles. The van der Waals surface area contributed by atoms with Crippen LogP contribution in [0.4, 0.5) is 0 Å². The zero-order chi connectivity index (χ0) is 9.68. The summed E-state index contributed by atoms with van der Waals surface area (Å²) in [5, 5.41) is 6.28. The van der Waals surface area contributed by atoms with Gasteiger partial charge >= 0.3 is 0 Å². The van der Waals surface area contributed by atoms with Gasteiger partial charge in [-0.3, -0.25) is 4.79 Å². The number of rotatable bonds is 5. The van der Waals surface area contributed by atoms with Crippen molar-refractivity contribution < 1.29 is 4.79 Å². The highest BCUT2D eigenvalue weighted by molar-refractivity contribution is 5.77. The van der Waals surface area contributed by atoms with E-state index < -0.39 is 0 Å². The van der Waals surface area contributed by atoms with Gasteiger partial charge in [0.25, 0.3) is 0 Å². The van der Waals surface area contributed by atoms with Gasteiger partial charge in [-0.05, 0) is 12.8 Å². The molecule has 0 aliphatic heterocycles. The summed E-state index contributed by atoms with van der Waals surface area (Å²) in [6.07, 6.45) is 3.96. The lowest BCUT2D eigenvalue weighted by Crippen LogP contribution is -2.41. The molecule has 1 amide bonds. The maximum atomic E-state index is 11.1. The summed E-state index contributed by atoms with van der Waals surface area (Å²) < 4.78 is 0. The van der Waals surface area contributed by atoms with Crippen LogP contribution in [0.3, 0.4) is 0 Å². The molecule has 0 bridgehead atoms. The van der Waals surface area contributed by atoms with Gasteiger partial charge < -0.3 is 10.6 Å². The molecular weight excluding hydrogens is 164 g/mol. The van der Waals surface area contributed by atoms with Crippen LogP contribution in [0.15, 0.2) is 0 Å². The lowest BCUT2D eigenvalue weighted by molar-refractivity contribution is -0.123. The molecule has 0 aromatic rings. The van der Waals surface area contributed by atoms with Crippen LogP contribution in [0.5, 0.6) is 0 Å². The first kappa shape index (κ1) is 10.5. The van der Waals surface area contributed by atoms with Gasteiger partial charge in [0, 0.05) is 25.0 Å². The first-order chi connectivity index (χ1) is 6.20. The first-order valence-corrected chi connectivity index (χ1v) is 5.21. The smallest absolute Gasteiger partial charge is 0.222 e. The van der Waals surface area contributed by atoms with Crippen molar-refractivity contribution >= 4 is 5.91 Å². The van der Waals surface area contributed by atoms with Gasteiger partial charge in [0.15, 0.2) is 0 Å². The lowest BCUT2D eigenvalue weighted by Gasteiger charge is -2.26. The third kappa shape index (κ3) is 3.77. The summed E-state index contributed by atoms with van der Waals surface area (Å²) >= 11 is 0. The second-order valence-electron chi connectivity index (χ2n) is 4.03. The van der Waals surface area contributed by atoms with Gasteiger partial charge in [0.1, 0.15) is 0 Å². The normalized spacial score (nSPS) is 17.2. The molecule has 1 fully saturated rings. The molecule has 76 valence electrons. The summed E-state index contributed by atoms with van der Waals surface area (Å²) in [4.78, 5) is 11.1. The number of nitrogens with one attached hydrogen (secondary N) is 2. The predicted octanol–water partition coefficient (Wildman–Crippen LogP) is 0.901. The van der Waals surface area contributed by atoms with Gasteiger partial charge in [-0.2, -0.15) is 0 Å². The Labute approximate surface area is 80.3 Å². The number of carbonyl (C=O) groups is 1. The molecule has 0 unspecified atom stereocenters. The van der Waals surface area contributed by atoms with E-state index >= 15 is 0 Å². The minimum atomic E-state index is 0.101. The van der Waals surface area contributed by atoms with Crippen molar-refractivity contribution in [3.05, 3.63) is 0 Å².